The van der Waals surface area contributed by atoms with E-state index in [1.165, 1.54) is 6.26 Å². The quantitative estimate of drug-likeness (QED) is 0.375. The van der Waals surface area contributed by atoms with E-state index in [1.807, 2.05) is 25.1 Å². The Bertz CT molecular complexity index is 889. The van der Waals surface area contributed by atoms with Crippen molar-refractivity contribution in [1.82, 2.24) is 5.32 Å². The van der Waals surface area contributed by atoms with Crippen LogP contribution in [0.25, 0.3) is 22.5 Å². The molecule has 0 bridgehead atoms. The summed E-state index contributed by atoms with van der Waals surface area (Å²) in [5.74, 6) is 0.281. The number of urea groups is 1. The zero-order valence-corrected chi connectivity index (χ0v) is 14.3. The number of unbranched alkanes of at least 4 members (excludes halogenated alkanes) is 1. The summed E-state index contributed by atoms with van der Waals surface area (Å²) in [6, 6.07) is 12.0. The topological polar surface area (TPSA) is 97.4 Å². The van der Waals surface area contributed by atoms with E-state index in [-0.39, 0.29) is 17.1 Å². The van der Waals surface area contributed by atoms with Gasteiger partial charge in [-0.3, -0.25) is 15.4 Å². The van der Waals surface area contributed by atoms with Crippen LogP contribution >= 0.6 is 0 Å². The summed E-state index contributed by atoms with van der Waals surface area (Å²) in [6.07, 6.45) is 3.20. The maximum atomic E-state index is 12.2. The van der Waals surface area contributed by atoms with E-state index in [9.17, 15) is 14.9 Å². The second-order valence-corrected chi connectivity index (χ2v) is 5.81. The van der Waals surface area contributed by atoms with Gasteiger partial charge >= 0.3 is 11.7 Å². The molecule has 7 nitrogen and oxygen atoms in total. The lowest BCUT2D eigenvalue weighted by atomic mass is 10.0. The van der Waals surface area contributed by atoms with Crippen LogP contribution in [0.4, 0.5) is 16.2 Å². The highest BCUT2D eigenvalue weighted by Crippen LogP contribution is 2.50. The number of hydrogen-bond acceptors (Lipinski definition) is 4. The third-order valence-electron chi connectivity index (χ3n) is 4.04. The summed E-state index contributed by atoms with van der Waals surface area (Å²) < 4.78 is 5.52. The van der Waals surface area contributed by atoms with Gasteiger partial charge in [-0.05, 0) is 24.1 Å². The highest BCUT2D eigenvalue weighted by molar-refractivity contribution is 6.07. The van der Waals surface area contributed by atoms with Crippen LogP contribution in [0.1, 0.15) is 19.8 Å². The first-order chi connectivity index (χ1) is 12.6. The molecule has 26 heavy (non-hydrogen) atoms. The molecule has 1 aromatic rings. The molecule has 1 aliphatic heterocycles. The van der Waals surface area contributed by atoms with Gasteiger partial charge in [0.15, 0.2) is 11.4 Å². The van der Waals surface area contributed by atoms with E-state index in [4.69, 9.17) is 4.42 Å². The van der Waals surface area contributed by atoms with Gasteiger partial charge in [0.2, 0.25) is 0 Å². The number of hydrogen-bond donors (Lipinski definition) is 2. The molecule has 1 aromatic carbocycles. The fraction of sp³-hybridized carbons (Fsp3) is 0.211. The van der Waals surface area contributed by atoms with Gasteiger partial charge in [0.25, 0.3) is 0 Å². The van der Waals surface area contributed by atoms with Crippen molar-refractivity contribution in [3.63, 3.8) is 0 Å². The van der Waals surface area contributed by atoms with Crippen LogP contribution in [0.2, 0.25) is 0 Å². The van der Waals surface area contributed by atoms with Gasteiger partial charge < -0.3 is 9.73 Å². The van der Waals surface area contributed by atoms with Crippen molar-refractivity contribution in [3.05, 3.63) is 58.8 Å². The average Bonchev–Trinajstić information content (AvgIpc) is 2.97. The van der Waals surface area contributed by atoms with Gasteiger partial charge in [-0.15, -0.1) is 0 Å². The number of amides is 2. The molecule has 134 valence electrons. The van der Waals surface area contributed by atoms with Gasteiger partial charge in [-0.2, -0.15) is 0 Å². The Morgan fingerprint density at radius 1 is 1.19 bits per heavy atom. The number of nitro groups is 1. The Morgan fingerprint density at radius 2 is 1.96 bits per heavy atom. The Kier molecular flexibility index (Phi) is 5.17. The summed E-state index contributed by atoms with van der Waals surface area (Å²) in [4.78, 5) is 23.5. The fourth-order valence-corrected chi connectivity index (χ4v) is 2.86. The highest BCUT2D eigenvalue weighted by atomic mass is 16.6. The number of benzene rings is 1. The number of fused-ring (bicyclic) bond motifs is 1. The number of nitrogens with one attached hydrogen (secondary N) is 2. The molecule has 1 aliphatic carbocycles. The molecule has 3 rings (SSSR count). The maximum absolute atomic E-state index is 12.2. The number of anilines is 1. The molecule has 0 atom stereocenters. The first-order valence-electron chi connectivity index (χ1n) is 8.41. The van der Waals surface area contributed by atoms with Gasteiger partial charge in [0, 0.05) is 12.1 Å². The lowest BCUT2D eigenvalue weighted by Crippen LogP contribution is -2.29. The molecule has 0 fully saturated rings. The molecule has 2 N–H and O–H groups in total. The van der Waals surface area contributed by atoms with E-state index in [2.05, 4.69) is 10.6 Å². The first kappa shape index (κ1) is 17.5. The smallest absolute Gasteiger partial charge is 0.319 e. The maximum Gasteiger partial charge on any atom is 0.319 e. The largest absolute Gasteiger partial charge is 0.462 e. The van der Waals surface area contributed by atoms with Crippen molar-refractivity contribution in [3.8, 4) is 22.5 Å². The first-order valence-corrected chi connectivity index (χ1v) is 8.41. The minimum atomic E-state index is -0.493. The van der Waals surface area contributed by atoms with Crippen LogP contribution < -0.4 is 10.6 Å². The van der Waals surface area contributed by atoms with Crippen LogP contribution in [0.3, 0.4) is 0 Å². The Balaban J connectivity index is 2.09. The van der Waals surface area contributed by atoms with Crippen molar-refractivity contribution in [2.24, 2.45) is 0 Å². The molecule has 0 radical (unpaired) electrons. The average molecular weight is 353 g/mol. The summed E-state index contributed by atoms with van der Waals surface area (Å²) in [7, 11) is 0. The van der Waals surface area contributed by atoms with E-state index in [0.29, 0.717) is 23.2 Å². The Morgan fingerprint density at radius 3 is 2.65 bits per heavy atom. The molecular weight excluding hydrogens is 334 g/mol. The summed E-state index contributed by atoms with van der Waals surface area (Å²) in [5, 5.41) is 17.1. The number of rotatable bonds is 6. The number of carbonyl (C=O) groups excluding carboxylic acids is 1. The number of carbonyl (C=O) groups is 1. The zero-order chi connectivity index (χ0) is 18.5. The van der Waals surface area contributed by atoms with Gasteiger partial charge in [-0.1, -0.05) is 43.7 Å². The van der Waals surface area contributed by atoms with Crippen molar-refractivity contribution in [2.45, 2.75) is 19.8 Å². The van der Waals surface area contributed by atoms with Crippen LogP contribution in [0.15, 0.2) is 53.1 Å². The molecule has 0 aromatic heterocycles. The van der Waals surface area contributed by atoms with Crippen LogP contribution in [0.5, 0.6) is 0 Å². The Hall–Kier alpha value is -3.35. The lowest BCUT2D eigenvalue weighted by Gasteiger charge is -2.06. The van der Waals surface area contributed by atoms with Gasteiger partial charge in [0.1, 0.15) is 0 Å². The molecule has 7 heteroatoms. The van der Waals surface area contributed by atoms with Crippen molar-refractivity contribution < 1.29 is 14.1 Å². The van der Waals surface area contributed by atoms with Crippen LogP contribution in [0, 0.1) is 10.1 Å². The normalized spacial score (nSPS) is 10.7. The molecule has 0 saturated carbocycles. The second-order valence-electron chi connectivity index (χ2n) is 5.81. The SMILES string of the molecule is CCCCNC(=O)Nc1c2occcc-2c(-c2ccccc2)c1[N+](=O)[O-]. The zero-order valence-electron chi connectivity index (χ0n) is 14.3. The third kappa shape index (κ3) is 3.37. The van der Waals surface area contributed by atoms with Gasteiger partial charge in [0.05, 0.1) is 16.7 Å². The van der Waals surface area contributed by atoms with Crippen LogP contribution in [-0.2, 0) is 0 Å². The summed E-state index contributed by atoms with van der Waals surface area (Å²) in [6.45, 7) is 2.51. The lowest BCUT2D eigenvalue weighted by molar-refractivity contribution is -0.382. The highest BCUT2D eigenvalue weighted by Gasteiger charge is 2.34. The minimum Gasteiger partial charge on any atom is -0.462 e. The molecule has 0 spiro atoms. The monoisotopic (exact) mass is 353 g/mol. The van der Waals surface area contributed by atoms with E-state index in [1.54, 1.807) is 24.3 Å². The van der Waals surface area contributed by atoms with Gasteiger partial charge in [-0.25, -0.2) is 4.79 Å². The van der Waals surface area contributed by atoms with Crippen molar-refractivity contribution in [2.75, 3.05) is 11.9 Å². The van der Waals surface area contributed by atoms with Crippen molar-refractivity contribution in [1.29, 1.82) is 0 Å². The van der Waals surface area contributed by atoms with Crippen LogP contribution in [-0.4, -0.2) is 17.5 Å². The third-order valence-corrected chi connectivity index (χ3v) is 4.04. The number of nitrogens with zero attached hydrogens (tertiary/aromatic N) is 1. The predicted octanol–water partition coefficient (Wildman–Crippen LogP) is 4.88. The van der Waals surface area contributed by atoms with E-state index < -0.39 is 11.0 Å². The molecule has 0 saturated heterocycles. The summed E-state index contributed by atoms with van der Waals surface area (Å²) in [5.41, 5.74) is 1.59. The van der Waals surface area contributed by atoms with E-state index in [0.717, 1.165) is 12.8 Å². The molecular formula is C19H19N3O4. The summed E-state index contributed by atoms with van der Waals surface area (Å²) >= 11 is 0. The minimum absolute atomic E-state index is 0.0680. The Labute approximate surface area is 150 Å². The molecule has 1 heterocycles. The molecule has 0 unspecified atom stereocenters. The predicted molar refractivity (Wildman–Crippen MR) is 99.3 cm³/mol. The standard InChI is InChI=1S/C19H19N3O4/c1-2-3-11-20-19(23)21-16-17(22(24)25)15(13-8-5-4-6-9-13)14-10-7-12-26-18(14)16/h4-10,12H,2-3,11H2,1H3,(H2,20,21,23). The van der Waals surface area contributed by atoms with Crippen molar-refractivity contribution >= 4 is 17.4 Å². The van der Waals surface area contributed by atoms with E-state index >= 15 is 0 Å². The molecule has 2 amide bonds. The fourth-order valence-electron chi connectivity index (χ4n) is 2.86. The second kappa shape index (κ2) is 7.69. The molecule has 2 aliphatic rings.